The van der Waals surface area contributed by atoms with Gasteiger partial charge in [0.05, 0.1) is 5.52 Å². The fraction of sp³-hybridized carbons (Fsp3) is 0.400. The van der Waals surface area contributed by atoms with Crippen molar-refractivity contribution >= 4 is 10.9 Å². The maximum absolute atomic E-state index is 9.23. The Morgan fingerprint density at radius 1 is 1.29 bits per heavy atom. The van der Waals surface area contributed by atoms with Crippen molar-refractivity contribution in [3.63, 3.8) is 0 Å². The van der Waals surface area contributed by atoms with Gasteiger partial charge in [0, 0.05) is 18.2 Å². The number of hydrogen-bond acceptors (Lipinski definition) is 2. The van der Waals surface area contributed by atoms with Gasteiger partial charge in [-0.15, -0.1) is 0 Å². The molecule has 2 aromatic rings. The van der Waals surface area contributed by atoms with Crippen molar-refractivity contribution in [3.8, 4) is 0 Å². The summed E-state index contributed by atoms with van der Waals surface area (Å²) in [6, 6.07) is 8.52. The van der Waals surface area contributed by atoms with E-state index in [0.29, 0.717) is 5.92 Å². The van der Waals surface area contributed by atoms with Crippen molar-refractivity contribution in [2.75, 3.05) is 6.61 Å². The van der Waals surface area contributed by atoms with Crippen LogP contribution in [-0.2, 0) is 6.42 Å². The molecule has 0 radical (unpaired) electrons. The molecule has 0 spiro atoms. The normalized spacial score (nSPS) is 12.9. The molecule has 0 bridgehead atoms. The number of benzene rings is 1. The molecule has 2 heteroatoms. The van der Waals surface area contributed by atoms with E-state index in [4.69, 9.17) is 0 Å². The number of aromatic nitrogens is 1. The second-order valence-corrected chi connectivity index (χ2v) is 4.70. The van der Waals surface area contributed by atoms with Gasteiger partial charge in [0.2, 0.25) is 0 Å². The molecule has 17 heavy (non-hydrogen) atoms. The predicted molar refractivity (Wildman–Crippen MR) is 71.1 cm³/mol. The number of aryl methyl sites for hydroxylation is 1. The highest BCUT2D eigenvalue weighted by Crippen LogP contribution is 2.18. The summed E-state index contributed by atoms with van der Waals surface area (Å²) in [5.41, 5.74) is 3.51. The number of nitrogens with zero attached hydrogens (tertiary/aromatic N) is 1. The van der Waals surface area contributed by atoms with Crippen LogP contribution in [-0.4, -0.2) is 16.7 Å². The standard InChI is InChI=1S/C15H19NO/c1-3-12(10-17)7-13-4-5-15-14(8-13)6-11(2)9-16-15/h4-6,8-9,12,17H,3,7,10H2,1-2H3. The molecule has 0 aliphatic heterocycles. The van der Waals surface area contributed by atoms with E-state index in [1.807, 2.05) is 6.20 Å². The van der Waals surface area contributed by atoms with Gasteiger partial charge >= 0.3 is 0 Å². The highest BCUT2D eigenvalue weighted by Gasteiger charge is 2.06. The van der Waals surface area contributed by atoms with Crippen LogP contribution in [0.4, 0.5) is 0 Å². The summed E-state index contributed by atoms with van der Waals surface area (Å²) < 4.78 is 0. The van der Waals surface area contributed by atoms with Crippen molar-refractivity contribution in [2.45, 2.75) is 26.7 Å². The molecular weight excluding hydrogens is 210 g/mol. The van der Waals surface area contributed by atoms with Crippen molar-refractivity contribution in [1.29, 1.82) is 0 Å². The molecule has 0 saturated carbocycles. The van der Waals surface area contributed by atoms with Crippen molar-refractivity contribution in [2.24, 2.45) is 5.92 Å². The number of aliphatic hydroxyl groups is 1. The van der Waals surface area contributed by atoms with E-state index in [-0.39, 0.29) is 6.61 Å². The first-order chi connectivity index (χ1) is 8.22. The van der Waals surface area contributed by atoms with Crippen LogP contribution in [0, 0.1) is 12.8 Å². The summed E-state index contributed by atoms with van der Waals surface area (Å²) in [5, 5.41) is 10.4. The number of pyridine rings is 1. The van der Waals surface area contributed by atoms with Crippen LogP contribution in [0.2, 0.25) is 0 Å². The van der Waals surface area contributed by atoms with E-state index in [0.717, 1.165) is 18.4 Å². The molecule has 2 nitrogen and oxygen atoms in total. The summed E-state index contributed by atoms with van der Waals surface area (Å²) in [5.74, 6) is 0.366. The zero-order valence-corrected chi connectivity index (χ0v) is 10.5. The third kappa shape index (κ3) is 2.83. The Kier molecular flexibility index (Phi) is 3.75. The minimum Gasteiger partial charge on any atom is -0.396 e. The largest absolute Gasteiger partial charge is 0.396 e. The van der Waals surface area contributed by atoms with E-state index in [1.165, 1.54) is 16.5 Å². The maximum atomic E-state index is 9.23. The summed E-state index contributed by atoms with van der Waals surface area (Å²) in [4.78, 5) is 4.39. The highest BCUT2D eigenvalue weighted by atomic mass is 16.3. The van der Waals surface area contributed by atoms with E-state index < -0.39 is 0 Å². The number of fused-ring (bicyclic) bond motifs is 1. The zero-order chi connectivity index (χ0) is 12.3. The third-order valence-electron chi connectivity index (χ3n) is 3.24. The molecule has 0 amide bonds. The Hall–Kier alpha value is -1.41. The molecule has 1 aromatic carbocycles. The van der Waals surface area contributed by atoms with Crippen molar-refractivity contribution in [1.82, 2.24) is 4.98 Å². The highest BCUT2D eigenvalue weighted by molar-refractivity contribution is 5.79. The lowest BCUT2D eigenvalue weighted by Gasteiger charge is -2.11. The summed E-state index contributed by atoms with van der Waals surface area (Å²) in [7, 11) is 0. The Bertz CT molecular complexity index is 503. The van der Waals surface area contributed by atoms with Crippen LogP contribution < -0.4 is 0 Å². The summed E-state index contributed by atoms with van der Waals surface area (Å²) in [6.07, 6.45) is 3.85. The summed E-state index contributed by atoms with van der Waals surface area (Å²) >= 11 is 0. The molecule has 1 N–H and O–H groups in total. The Morgan fingerprint density at radius 2 is 2.12 bits per heavy atom. The minimum atomic E-state index is 0.264. The first-order valence-corrected chi connectivity index (χ1v) is 6.19. The Labute approximate surface area is 102 Å². The van der Waals surface area contributed by atoms with Crippen LogP contribution in [0.25, 0.3) is 10.9 Å². The zero-order valence-electron chi connectivity index (χ0n) is 10.5. The lowest BCUT2D eigenvalue weighted by molar-refractivity contribution is 0.222. The van der Waals surface area contributed by atoms with Gasteiger partial charge in [0.1, 0.15) is 0 Å². The van der Waals surface area contributed by atoms with Gasteiger partial charge < -0.3 is 5.11 Å². The van der Waals surface area contributed by atoms with E-state index >= 15 is 0 Å². The lowest BCUT2D eigenvalue weighted by atomic mass is 9.96. The number of aliphatic hydroxyl groups excluding tert-OH is 1. The number of hydrogen-bond donors (Lipinski definition) is 1. The van der Waals surface area contributed by atoms with Gasteiger partial charge in [0.25, 0.3) is 0 Å². The van der Waals surface area contributed by atoms with Gasteiger partial charge in [-0.2, -0.15) is 0 Å². The molecule has 1 unspecified atom stereocenters. The van der Waals surface area contributed by atoms with Gasteiger partial charge in [-0.25, -0.2) is 0 Å². The summed E-state index contributed by atoms with van der Waals surface area (Å²) in [6.45, 7) is 4.44. The van der Waals surface area contributed by atoms with Crippen LogP contribution in [0.15, 0.2) is 30.5 Å². The molecule has 0 saturated heterocycles. The Morgan fingerprint density at radius 3 is 2.82 bits per heavy atom. The first-order valence-electron chi connectivity index (χ1n) is 6.19. The SMILES string of the molecule is CCC(CO)Cc1ccc2ncc(C)cc2c1. The molecule has 0 aliphatic rings. The average molecular weight is 229 g/mol. The van der Waals surface area contributed by atoms with Crippen LogP contribution in [0.1, 0.15) is 24.5 Å². The van der Waals surface area contributed by atoms with Gasteiger partial charge in [-0.05, 0) is 48.6 Å². The molecule has 1 heterocycles. The smallest absolute Gasteiger partial charge is 0.0702 e. The quantitative estimate of drug-likeness (QED) is 0.874. The number of rotatable bonds is 4. The van der Waals surface area contributed by atoms with E-state index in [9.17, 15) is 5.11 Å². The third-order valence-corrected chi connectivity index (χ3v) is 3.24. The topological polar surface area (TPSA) is 33.1 Å². The Balaban J connectivity index is 2.30. The average Bonchev–Trinajstić information content (AvgIpc) is 2.35. The monoisotopic (exact) mass is 229 g/mol. The van der Waals surface area contributed by atoms with Crippen molar-refractivity contribution in [3.05, 3.63) is 41.6 Å². The van der Waals surface area contributed by atoms with E-state index in [2.05, 4.69) is 43.1 Å². The fourth-order valence-electron chi connectivity index (χ4n) is 2.09. The second kappa shape index (κ2) is 5.28. The molecule has 2 rings (SSSR count). The van der Waals surface area contributed by atoms with E-state index in [1.54, 1.807) is 0 Å². The molecule has 0 aliphatic carbocycles. The minimum absolute atomic E-state index is 0.264. The molecule has 0 fully saturated rings. The molecule has 1 atom stereocenters. The maximum Gasteiger partial charge on any atom is 0.0702 e. The first kappa shape index (κ1) is 12.1. The van der Waals surface area contributed by atoms with Crippen LogP contribution in [0.3, 0.4) is 0 Å². The van der Waals surface area contributed by atoms with Gasteiger partial charge in [0.15, 0.2) is 0 Å². The lowest BCUT2D eigenvalue weighted by Crippen LogP contribution is -2.08. The van der Waals surface area contributed by atoms with Crippen LogP contribution >= 0.6 is 0 Å². The predicted octanol–water partition coefficient (Wildman–Crippen LogP) is 3.10. The van der Waals surface area contributed by atoms with Gasteiger partial charge in [-0.3, -0.25) is 4.98 Å². The molecule has 1 aromatic heterocycles. The molecule has 90 valence electrons. The molecular formula is C15H19NO. The van der Waals surface area contributed by atoms with Crippen molar-refractivity contribution < 1.29 is 5.11 Å². The van der Waals surface area contributed by atoms with Gasteiger partial charge in [-0.1, -0.05) is 19.4 Å². The second-order valence-electron chi connectivity index (χ2n) is 4.70. The fourth-order valence-corrected chi connectivity index (χ4v) is 2.09. The van der Waals surface area contributed by atoms with Crippen LogP contribution in [0.5, 0.6) is 0 Å².